The number of hydrogen-bond donors (Lipinski definition) is 1. The average molecular weight is 407 g/mol. The molecule has 0 aliphatic rings. The van der Waals surface area contributed by atoms with Crippen molar-refractivity contribution in [1.29, 1.82) is 0 Å². The Bertz CT molecular complexity index is 943. The lowest BCUT2D eigenvalue weighted by molar-refractivity contribution is 0.0944. The van der Waals surface area contributed by atoms with Crippen LogP contribution in [0.3, 0.4) is 0 Å². The lowest BCUT2D eigenvalue weighted by atomic mass is 10.1. The Morgan fingerprint density at radius 3 is 2.43 bits per heavy atom. The molecular formula is C23H25N3O4. The highest BCUT2D eigenvalue weighted by Gasteiger charge is 2.08. The maximum Gasteiger partial charge on any atom is 0.251 e. The van der Waals surface area contributed by atoms with Crippen LogP contribution in [0, 0.1) is 0 Å². The lowest BCUT2D eigenvalue weighted by Gasteiger charge is -2.08. The molecule has 7 nitrogen and oxygen atoms in total. The van der Waals surface area contributed by atoms with E-state index < -0.39 is 0 Å². The molecule has 30 heavy (non-hydrogen) atoms. The molecule has 0 fully saturated rings. The van der Waals surface area contributed by atoms with Gasteiger partial charge in [0.1, 0.15) is 11.5 Å². The van der Waals surface area contributed by atoms with Gasteiger partial charge in [0.2, 0.25) is 5.88 Å². The predicted octanol–water partition coefficient (Wildman–Crippen LogP) is 4.10. The number of ether oxygens (including phenoxy) is 3. The smallest absolute Gasteiger partial charge is 0.251 e. The summed E-state index contributed by atoms with van der Waals surface area (Å²) in [6.07, 6.45) is 2.42. The van der Waals surface area contributed by atoms with E-state index in [1.165, 1.54) is 0 Å². The average Bonchev–Trinajstić information content (AvgIpc) is 2.79. The van der Waals surface area contributed by atoms with Gasteiger partial charge in [0, 0.05) is 43.1 Å². The molecule has 0 aliphatic heterocycles. The zero-order valence-electron chi connectivity index (χ0n) is 17.1. The molecule has 0 saturated carbocycles. The molecule has 1 aromatic heterocycles. The van der Waals surface area contributed by atoms with E-state index in [1.54, 1.807) is 31.5 Å². The monoisotopic (exact) mass is 407 g/mol. The van der Waals surface area contributed by atoms with Crippen molar-refractivity contribution in [3.8, 4) is 28.8 Å². The van der Waals surface area contributed by atoms with Crippen LogP contribution in [0.5, 0.6) is 17.4 Å². The van der Waals surface area contributed by atoms with Crippen molar-refractivity contribution in [2.45, 2.75) is 13.3 Å². The number of aromatic nitrogens is 2. The van der Waals surface area contributed by atoms with Crippen molar-refractivity contribution >= 4 is 5.91 Å². The second-order valence-electron chi connectivity index (χ2n) is 6.38. The van der Waals surface area contributed by atoms with Crippen LogP contribution in [0.2, 0.25) is 0 Å². The first-order valence-electron chi connectivity index (χ1n) is 9.81. The van der Waals surface area contributed by atoms with Gasteiger partial charge in [-0.1, -0.05) is 12.1 Å². The highest BCUT2D eigenvalue weighted by Crippen LogP contribution is 2.24. The van der Waals surface area contributed by atoms with Crippen molar-refractivity contribution < 1.29 is 19.0 Å². The third kappa shape index (κ3) is 6.02. The van der Waals surface area contributed by atoms with Crippen LogP contribution in [-0.4, -0.2) is 42.7 Å². The molecule has 3 aromatic rings. The molecule has 1 heterocycles. The van der Waals surface area contributed by atoms with E-state index in [1.807, 2.05) is 43.3 Å². The molecule has 2 aromatic carbocycles. The molecule has 1 amide bonds. The van der Waals surface area contributed by atoms with Gasteiger partial charge in [0.25, 0.3) is 5.91 Å². The van der Waals surface area contributed by atoms with Gasteiger partial charge in [-0.2, -0.15) is 4.98 Å². The van der Waals surface area contributed by atoms with Gasteiger partial charge in [-0.05, 0) is 49.7 Å². The van der Waals surface area contributed by atoms with Gasteiger partial charge < -0.3 is 19.5 Å². The first kappa shape index (κ1) is 21.3. The van der Waals surface area contributed by atoms with Gasteiger partial charge in [0.05, 0.1) is 7.11 Å². The summed E-state index contributed by atoms with van der Waals surface area (Å²) in [6, 6.07) is 16.1. The second kappa shape index (κ2) is 10.9. The zero-order valence-corrected chi connectivity index (χ0v) is 17.1. The quantitative estimate of drug-likeness (QED) is 0.510. The van der Waals surface area contributed by atoms with Crippen LogP contribution in [-0.2, 0) is 4.74 Å². The Morgan fingerprint density at radius 2 is 1.73 bits per heavy atom. The fraction of sp³-hybridized carbons (Fsp3) is 0.261. The Hall–Kier alpha value is -3.45. The Balaban J connectivity index is 1.61. The Morgan fingerprint density at radius 1 is 1.00 bits per heavy atom. The molecule has 0 aliphatic carbocycles. The predicted molar refractivity (Wildman–Crippen MR) is 114 cm³/mol. The van der Waals surface area contributed by atoms with Crippen molar-refractivity contribution in [2.75, 3.05) is 26.9 Å². The maximum atomic E-state index is 12.2. The lowest BCUT2D eigenvalue weighted by Crippen LogP contribution is -2.25. The van der Waals surface area contributed by atoms with E-state index in [0.717, 1.165) is 17.7 Å². The molecule has 0 spiro atoms. The van der Waals surface area contributed by atoms with Crippen molar-refractivity contribution in [3.05, 3.63) is 66.4 Å². The van der Waals surface area contributed by atoms with E-state index in [9.17, 15) is 4.79 Å². The highest BCUT2D eigenvalue weighted by molar-refractivity contribution is 5.94. The van der Waals surface area contributed by atoms with Gasteiger partial charge in [-0.25, -0.2) is 4.98 Å². The third-order valence-electron chi connectivity index (χ3n) is 4.27. The number of rotatable bonds is 10. The number of methoxy groups -OCH3 is 1. The first-order chi connectivity index (χ1) is 14.7. The first-order valence-corrected chi connectivity index (χ1v) is 9.81. The minimum atomic E-state index is -0.115. The Kier molecular flexibility index (Phi) is 7.74. The second-order valence-corrected chi connectivity index (χ2v) is 6.38. The summed E-state index contributed by atoms with van der Waals surface area (Å²) >= 11 is 0. The Labute approximate surface area is 176 Å². The molecule has 0 atom stereocenters. The van der Waals surface area contributed by atoms with Crippen LogP contribution >= 0.6 is 0 Å². The molecule has 0 unspecified atom stereocenters. The summed E-state index contributed by atoms with van der Waals surface area (Å²) in [5.41, 5.74) is 1.38. The van der Waals surface area contributed by atoms with Crippen LogP contribution in [0.25, 0.3) is 11.4 Å². The molecule has 1 N–H and O–H groups in total. The van der Waals surface area contributed by atoms with Gasteiger partial charge >= 0.3 is 0 Å². The fourth-order valence-electron chi connectivity index (χ4n) is 2.70. The topological polar surface area (TPSA) is 82.6 Å². The number of carbonyl (C=O) groups is 1. The molecule has 3 rings (SSSR count). The van der Waals surface area contributed by atoms with E-state index in [-0.39, 0.29) is 5.91 Å². The maximum absolute atomic E-state index is 12.2. The largest absolute Gasteiger partial charge is 0.497 e. The number of hydrogen-bond acceptors (Lipinski definition) is 6. The van der Waals surface area contributed by atoms with E-state index >= 15 is 0 Å². The summed E-state index contributed by atoms with van der Waals surface area (Å²) in [6.45, 7) is 3.85. The summed E-state index contributed by atoms with van der Waals surface area (Å²) < 4.78 is 16.2. The summed E-state index contributed by atoms with van der Waals surface area (Å²) in [4.78, 5) is 21.0. The van der Waals surface area contributed by atoms with Crippen LogP contribution in [0.4, 0.5) is 0 Å². The van der Waals surface area contributed by atoms with Crippen molar-refractivity contribution in [3.63, 3.8) is 0 Å². The molecule has 0 saturated heterocycles. The zero-order chi connectivity index (χ0) is 21.2. The minimum absolute atomic E-state index is 0.115. The number of nitrogens with zero attached hydrogens (tertiary/aromatic N) is 2. The molecule has 7 heteroatoms. The van der Waals surface area contributed by atoms with E-state index in [0.29, 0.717) is 42.8 Å². The SMILES string of the molecule is CCOCCCNC(=O)c1ccc(-c2nccc(Oc3ccc(OC)cc3)n2)cc1. The minimum Gasteiger partial charge on any atom is -0.497 e. The number of nitrogens with one attached hydrogen (secondary N) is 1. The van der Waals surface area contributed by atoms with Gasteiger partial charge in [0.15, 0.2) is 5.82 Å². The summed E-state index contributed by atoms with van der Waals surface area (Å²) in [5, 5.41) is 2.88. The normalized spacial score (nSPS) is 10.5. The van der Waals surface area contributed by atoms with E-state index in [4.69, 9.17) is 14.2 Å². The summed E-state index contributed by atoms with van der Waals surface area (Å²) in [7, 11) is 1.62. The number of carbonyl (C=O) groups excluding carboxylic acids is 1. The summed E-state index contributed by atoms with van der Waals surface area (Å²) in [5.74, 6) is 2.24. The third-order valence-corrected chi connectivity index (χ3v) is 4.27. The number of benzene rings is 2. The van der Waals surface area contributed by atoms with Crippen molar-refractivity contribution in [2.24, 2.45) is 0 Å². The number of amides is 1. The van der Waals surface area contributed by atoms with Crippen LogP contribution in [0.1, 0.15) is 23.7 Å². The highest BCUT2D eigenvalue weighted by atomic mass is 16.5. The molecular weight excluding hydrogens is 382 g/mol. The van der Waals surface area contributed by atoms with Crippen LogP contribution in [0.15, 0.2) is 60.8 Å². The molecule has 0 radical (unpaired) electrons. The van der Waals surface area contributed by atoms with Gasteiger partial charge in [-0.15, -0.1) is 0 Å². The van der Waals surface area contributed by atoms with Crippen molar-refractivity contribution in [1.82, 2.24) is 15.3 Å². The standard InChI is InChI=1S/C23H25N3O4/c1-3-29-16-4-14-25-23(27)18-7-5-17(6-8-18)22-24-15-13-21(26-22)30-20-11-9-19(28-2)10-12-20/h5-13,15H,3-4,14,16H2,1-2H3,(H,25,27). The fourth-order valence-corrected chi connectivity index (χ4v) is 2.70. The van der Waals surface area contributed by atoms with Crippen LogP contribution < -0.4 is 14.8 Å². The van der Waals surface area contributed by atoms with E-state index in [2.05, 4.69) is 15.3 Å². The van der Waals surface area contributed by atoms with Gasteiger partial charge in [-0.3, -0.25) is 4.79 Å². The molecule has 156 valence electrons. The molecule has 0 bridgehead atoms.